The molecule has 25 heavy (non-hydrogen) atoms. The van der Waals surface area contributed by atoms with Gasteiger partial charge in [-0.15, -0.1) is 0 Å². The first-order valence-corrected chi connectivity index (χ1v) is 7.85. The van der Waals surface area contributed by atoms with E-state index in [0.29, 0.717) is 23.1 Å². The van der Waals surface area contributed by atoms with Gasteiger partial charge in [0.1, 0.15) is 5.82 Å². The van der Waals surface area contributed by atoms with Gasteiger partial charge in [-0.25, -0.2) is 9.37 Å². The molecule has 6 nitrogen and oxygen atoms in total. The summed E-state index contributed by atoms with van der Waals surface area (Å²) in [6.07, 6.45) is 4.29. The number of benzene rings is 1. The van der Waals surface area contributed by atoms with Crippen molar-refractivity contribution >= 4 is 11.4 Å². The van der Waals surface area contributed by atoms with Crippen molar-refractivity contribution in [2.75, 3.05) is 19.5 Å². The number of aromatic nitrogens is 3. The minimum Gasteiger partial charge on any atom is -0.492 e. The number of halogens is 1. The predicted molar refractivity (Wildman–Crippen MR) is 93.5 cm³/mol. The van der Waals surface area contributed by atoms with E-state index in [2.05, 4.69) is 15.3 Å². The first kappa shape index (κ1) is 16.8. The van der Waals surface area contributed by atoms with Crippen LogP contribution >= 0.6 is 0 Å². The number of rotatable bonds is 6. The van der Waals surface area contributed by atoms with Crippen molar-refractivity contribution in [2.45, 2.75) is 13.3 Å². The summed E-state index contributed by atoms with van der Waals surface area (Å²) in [7, 11) is 2.99. The lowest BCUT2D eigenvalue weighted by molar-refractivity contribution is 0.388. The molecule has 1 N–H and O–H groups in total. The summed E-state index contributed by atoms with van der Waals surface area (Å²) >= 11 is 0. The Bertz CT molecular complexity index is 879. The fourth-order valence-electron chi connectivity index (χ4n) is 2.57. The van der Waals surface area contributed by atoms with Gasteiger partial charge in [0.2, 0.25) is 5.88 Å². The van der Waals surface area contributed by atoms with Crippen molar-refractivity contribution in [3.8, 4) is 17.4 Å². The molecule has 0 fully saturated rings. The second-order valence-electron chi connectivity index (χ2n) is 5.24. The lowest BCUT2D eigenvalue weighted by Gasteiger charge is -2.16. The standard InChI is InChI=1S/C18H19FN4O2/c1-4-15-20-10-11-23(15)18-14(8-9-16(22-18)24-2)21-13-7-5-6-12(19)17(13)25-3/h5-11,21H,4H2,1-3H3. The van der Waals surface area contributed by atoms with E-state index in [0.717, 1.165) is 12.2 Å². The fraction of sp³-hybridized carbons (Fsp3) is 0.222. The van der Waals surface area contributed by atoms with Gasteiger partial charge in [0.15, 0.2) is 17.4 Å². The second-order valence-corrected chi connectivity index (χ2v) is 5.24. The lowest BCUT2D eigenvalue weighted by Crippen LogP contribution is -2.07. The summed E-state index contributed by atoms with van der Waals surface area (Å²) in [5.41, 5.74) is 1.19. The Hall–Kier alpha value is -3.09. The Morgan fingerprint density at radius 1 is 1.12 bits per heavy atom. The molecule has 3 aromatic rings. The zero-order valence-corrected chi connectivity index (χ0v) is 14.3. The maximum absolute atomic E-state index is 13.9. The van der Waals surface area contributed by atoms with Crippen LogP contribution in [-0.2, 0) is 6.42 Å². The average Bonchev–Trinajstić information content (AvgIpc) is 3.11. The van der Waals surface area contributed by atoms with Crippen molar-refractivity contribution in [3.63, 3.8) is 0 Å². The van der Waals surface area contributed by atoms with Gasteiger partial charge in [-0.05, 0) is 18.2 Å². The van der Waals surface area contributed by atoms with E-state index >= 15 is 0 Å². The molecule has 0 amide bonds. The molecule has 0 saturated heterocycles. The second kappa shape index (κ2) is 7.21. The molecule has 0 saturated carbocycles. The van der Waals surface area contributed by atoms with E-state index in [1.165, 1.54) is 13.2 Å². The van der Waals surface area contributed by atoms with Crippen molar-refractivity contribution in [1.29, 1.82) is 0 Å². The number of anilines is 2. The minimum absolute atomic E-state index is 0.144. The van der Waals surface area contributed by atoms with Crippen LogP contribution in [0.4, 0.5) is 15.8 Å². The minimum atomic E-state index is -0.438. The molecule has 0 radical (unpaired) electrons. The number of imidazole rings is 1. The van der Waals surface area contributed by atoms with Gasteiger partial charge in [0.05, 0.1) is 25.6 Å². The van der Waals surface area contributed by atoms with E-state index in [1.807, 2.05) is 23.8 Å². The van der Waals surface area contributed by atoms with Crippen molar-refractivity contribution in [3.05, 3.63) is 54.4 Å². The zero-order valence-electron chi connectivity index (χ0n) is 14.3. The highest BCUT2D eigenvalue weighted by atomic mass is 19.1. The summed E-state index contributed by atoms with van der Waals surface area (Å²) in [6, 6.07) is 8.27. The molecule has 0 bridgehead atoms. The topological polar surface area (TPSA) is 61.2 Å². The third-order valence-electron chi connectivity index (χ3n) is 3.76. The van der Waals surface area contributed by atoms with Crippen LogP contribution in [0.15, 0.2) is 42.7 Å². The van der Waals surface area contributed by atoms with E-state index in [-0.39, 0.29) is 5.75 Å². The highest BCUT2D eigenvalue weighted by Gasteiger charge is 2.15. The summed E-state index contributed by atoms with van der Waals surface area (Å²) < 4.78 is 26.2. The van der Waals surface area contributed by atoms with Gasteiger partial charge in [-0.3, -0.25) is 4.57 Å². The van der Waals surface area contributed by atoms with Gasteiger partial charge >= 0.3 is 0 Å². The summed E-state index contributed by atoms with van der Waals surface area (Å²) in [5.74, 6) is 1.65. The molecule has 1 aromatic carbocycles. The molecule has 7 heteroatoms. The van der Waals surface area contributed by atoms with Crippen LogP contribution in [0.3, 0.4) is 0 Å². The predicted octanol–water partition coefficient (Wildman–Crippen LogP) is 3.73. The van der Waals surface area contributed by atoms with E-state index in [9.17, 15) is 4.39 Å². The Morgan fingerprint density at radius 2 is 1.96 bits per heavy atom. The number of nitrogens with zero attached hydrogens (tertiary/aromatic N) is 3. The molecule has 2 aromatic heterocycles. The maximum Gasteiger partial charge on any atom is 0.215 e. The quantitative estimate of drug-likeness (QED) is 0.740. The summed E-state index contributed by atoms with van der Waals surface area (Å²) in [6.45, 7) is 2.02. The third kappa shape index (κ3) is 3.26. The summed E-state index contributed by atoms with van der Waals surface area (Å²) in [4.78, 5) is 8.85. The number of methoxy groups -OCH3 is 2. The number of pyridine rings is 1. The number of para-hydroxylation sites is 1. The number of aryl methyl sites for hydroxylation is 1. The normalized spacial score (nSPS) is 10.6. The summed E-state index contributed by atoms with van der Waals surface area (Å²) in [5, 5.41) is 3.19. The molecular weight excluding hydrogens is 323 g/mol. The van der Waals surface area contributed by atoms with Crippen LogP contribution < -0.4 is 14.8 Å². The van der Waals surface area contributed by atoms with Crippen molar-refractivity contribution < 1.29 is 13.9 Å². The van der Waals surface area contributed by atoms with Gasteiger partial charge in [-0.1, -0.05) is 13.0 Å². The van der Waals surface area contributed by atoms with Gasteiger partial charge in [-0.2, -0.15) is 4.98 Å². The fourth-order valence-corrected chi connectivity index (χ4v) is 2.57. The highest BCUT2D eigenvalue weighted by Crippen LogP contribution is 2.33. The number of hydrogen-bond donors (Lipinski definition) is 1. The van der Waals surface area contributed by atoms with Crippen LogP contribution in [0.5, 0.6) is 11.6 Å². The van der Waals surface area contributed by atoms with Gasteiger partial charge < -0.3 is 14.8 Å². The Kier molecular flexibility index (Phi) is 4.83. The molecule has 2 heterocycles. The van der Waals surface area contributed by atoms with Crippen molar-refractivity contribution in [2.24, 2.45) is 0 Å². The average molecular weight is 342 g/mol. The molecular formula is C18H19FN4O2. The lowest BCUT2D eigenvalue weighted by atomic mass is 10.2. The van der Waals surface area contributed by atoms with Crippen LogP contribution in [0.25, 0.3) is 5.82 Å². The van der Waals surface area contributed by atoms with Crippen LogP contribution in [0.2, 0.25) is 0 Å². The van der Waals surface area contributed by atoms with Gasteiger partial charge in [0.25, 0.3) is 0 Å². The van der Waals surface area contributed by atoms with E-state index in [4.69, 9.17) is 9.47 Å². The molecule has 130 valence electrons. The molecule has 0 atom stereocenters. The molecule has 0 aliphatic heterocycles. The number of nitrogens with one attached hydrogen (secondary N) is 1. The number of ether oxygens (including phenoxy) is 2. The van der Waals surface area contributed by atoms with E-state index in [1.54, 1.807) is 31.5 Å². The Labute approximate surface area is 145 Å². The number of hydrogen-bond acceptors (Lipinski definition) is 5. The molecule has 0 aliphatic rings. The highest BCUT2D eigenvalue weighted by molar-refractivity contribution is 5.71. The Balaban J connectivity index is 2.09. The van der Waals surface area contributed by atoms with Gasteiger partial charge in [0, 0.05) is 24.9 Å². The van der Waals surface area contributed by atoms with Crippen LogP contribution in [-0.4, -0.2) is 28.8 Å². The van der Waals surface area contributed by atoms with Crippen LogP contribution in [0, 0.1) is 5.82 Å². The third-order valence-corrected chi connectivity index (χ3v) is 3.76. The Morgan fingerprint density at radius 3 is 2.68 bits per heavy atom. The zero-order chi connectivity index (χ0) is 17.8. The maximum atomic E-state index is 13.9. The first-order valence-electron chi connectivity index (χ1n) is 7.85. The van der Waals surface area contributed by atoms with Crippen LogP contribution in [0.1, 0.15) is 12.7 Å². The smallest absolute Gasteiger partial charge is 0.215 e. The molecule has 0 aliphatic carbocycles. The molecule has 0 unspecified atom stereocenters. The monoisotopic (exact) mass is 342 g/mol. The largest absolute Gasteiger partial charge is 0.492 e. The van der Waals surface area contributed by atoms with E-state index < -0.39 is 5.82 Å². The molecule has 0 spiro atoms. The molecule has 3 rings (SSSR count). The SMILES string of the molecule is CCc1nccn1-c1nc(OC)ccc1Nc1cccc(F)c1OC. The van der Waals surface area contributed by atoms with Crippen molar-refractivity contribution in [1.82, 2.24) is 14.5 Å². The first-order chi connectivity index (χ1) is 12.2.